The molecule has 0 heterocycles. The number of rotatable bonds is 11. The Bertz CT molecular complexity index is 365. The van der Waals surface area contributed by atoms with E-state index in [9.17, 15) is 4.79 Å². The molecule has 2 aliphatic carbocycles. The number of carbonyl (C=O) groups is 1. The molecule has 0 aliphatic heterocycles. The van der Waals surface area contributed by atoms with Crippen LogP contribution in [0.4, 0.5) is 0 Å². The lowest BCUT2D eigenvalue weighted by Crippen LogP contribution is -2.28. The second kappa shape index (κ2) is 10.9. The van der Waals surface area contributed by atoms with E-state index in [1.807, 2.05) is 0 Å². The molecule has 5 heteroatoms. The summed E-state index contributed by atoms with van der Waals surface area (Å²) in [6.45, 7) is 6.37. The molecule has 138 valence electrons. The van der Waals surface area contributed by atoms with Crippen LogP contribution in [0.3, 0.4) is 0 Å². The monoisotopic (exact) mass is 340 g/mol. The molecular formula is C19H32O5. The van der Waals surface area contributed by atoms with Crippen molar-refractivity contribution in [2.45, 2.75) is 83.2 Å². The Morgan fingerprint density at radius 2 is 1.50 bits per heavy atom. The Kier molecular flexibility index (Phi) is 8.78. The van der Waals surface area contributed by atoms with Gasteiger partial charge in [-0.15, -0.1) is 0 Å². The van der Waals surface area contributed by atoms with E-state index in [4.69, 9.17) is 18.9 Å². The van der Waals surface area contributed by atoms with Crippen LogP contribution in [0, 0.1) is 0 Å². The maximum absolute atomic E-state index is 11.3. The van der Waals surface area contributed by atoms with E-state index in [1.54, 1.807) is 6.92 Å². The third-order valence-electron chi connectivity index (χ3n) is 4.60. The predicted molar refractivity (Wildman–Crippen MR) is 91.7 cm³/mol. The van der Waals surface area contributed by atoms with Crippen LogP contribution < -0.4 is 0 Å². The summed E-state index contributed by atoms with van der Waals surface area (Å²) in [7, 11) is 0. The zero-order valence-electron chi connectivity index (χ0n) is 15.0. The molecule has 2 aliphatic rings. The van der Waals surface area contributed by atoms with Gasteiger partial charge in [0.15, 0.2) is 6.29 Å². The summed E-state index contributed by atoms with van der Waals surface area (Å²) in [6.07, 6.45) is 10.8. The van der Waals surface area contributed by atoms with Crippen molar-refractivity contribution in [1.82, 2.24) is 0 Å². The zero-order valence-corrected chi connectivity index (χ0v) is 15.0. The van der Waals surface area contributed by atoms with Gasteiger partial charge in [-0.1, -0.05) is 32.3 Å². The fourth-order valence-corrected chi connectivity index (χ4v) is 3.24. The molecule has 0 spiro atoms. The van der Waals surface area contributed by atoms with E-state index in [0.29, 0.717) is 31.0 Å². The van der Waals surface area contributed by atoms with Gasteiger partial charge in [0.2, 0.25) is 0 Å². The summed E-state index contributed by atoms with van der Waals surface area (Å²) < 4.78 is 22.9. The van der Waals surface area contributed by atoms with E-state index in [0.717, 1.165) is 32.1 Å². The SMILES string of the molecule is C=C(C)C(=O)OCCOCCC(OC1CCCC1)OC1CCCC1. The Labute approximate surface area is 145 Å². The topological polar surface area (TPSA) is 54.0 Å². The van der Waals surface area contributed by atoms with Gasteiger partial charge in [0.05, 0.1) is 25.4 Å². The highest BCUT2D eigenvalue weighted by atomic mass is 16.7. The van der Waals surface area contributed by atoms with Gasteiger partial charge in [0.25, 0.3) is 0 Å². The van der Waals surface area contributed by atoms with Crippen LogP contribution in [-0.4, -0.2) is 44.3 Å². The molecule has 0 saturated heterocycles. The van der Waals surface area contributed by atoms with Gasteiger partial charge in [-0.05, 0) is 32.6 Å². The minimum absolute atomic E-state index is 0.172. The fraction of sp³-hybridized carbons (Fsp3) is 0.842. The average molecular weight is 340 g/mol. The number of esters is 1. The molecule has 0 radical (unpaired) electrons. The third kappa shape index (κ3) is 7.32. The Hall–Kier alpha value is -0.910. The maximum Gasteiger partial charge on any atom is 0.333 e. The van der Waals surface area contributed by atoms with Crippen molar-refractivity contribution < 1.29 is 23.7 Å². The number of ether oxygens (including phenoxy) is 4. The Morgan fingerprint density at radius 1 is 0.958 bits per heavy atom. The van der Waals surface area contributed by atoms with E-state index >= 15 is 0 Å². The smallest absolute Gasteiger partial charge is 0.333 e. The highest BCUT2D eigenvalue weighted by Crippen LogP contribution is 2.27. The molecule has 24 heavy (non-hydrogen) atoms. The fourth-order valence-electron chi connectivity index (χ4n) is 3.24. The van der Waals surface area contributed by atoms with Crippen LogP contribution in [0.1, 0.15) is 64.7 Å². The van der Waals surface area contributed by atoms with Crippen LogP contribution in [0.2, 0.25) is 0 Å². The Balaban J connectivity index is 1.61. The lowest BCUT2D eigenvalue weighted by Gasteiger charge is -2.25. The summed E-state index contributed by atoms with van der Waals surface area (Å²) in [5.41, 5.74) is 0.407. The molecular weight excluding hydrogens is 308 g/mol. The van der Waals surface area contributed by atoms with Gasteiger partial charge >= 0.3 is 5.97 Å². The molecule has 0 unspecified atom stereocenters. The summed E-state index contributed by atoms with van der Waals surface area (Å²) in [5, 5.41) is 0. The van der Waals surface area contributed by atoms with Crippen molar-refractivity contribution in [3.63, 3.8) is 0 Å². The standard InChI is InChI=1S/C19H32O5/c1-15(2)19(20)22-14-13-21-12-11-18(23-16-7-3-4-8-16)24-17-9-5-6-10-17/h16-18H,1,3-14H2,2H3. The highest BCUT2D eigenvalue weighted by molar-refractivity contribution is 5.86. The first-order valence-electron chi connectivity index (χ1n) is 9.36. The van der Waals surface area contributed by atoms with E-state index in [1.165, 1.54) is 25.7 Å². The van der Waals surface area contributed by atoms with Gasteiger partial charge in [0, 0.05) is 12.0 Å². The molecule has 0 N–H and O–H groups in total. The molecule has 0 atom stereocenters. The van der Waals surface area contributed by atoms with Crippen molar-refractivity contribution in [2.75, 3.05) is 19.8 Å². The first kappa shape index (κ1) is 19.4. The molecule has 0 aromatic carbocycles. The summed E-state index contributed by atoms with van der Waals surface area (Å²) in [4.78, 5) is 11.3. The quantitative estimate of drug-likeness (QED) is 0.248. The predicted octanol–water partition coefficient (Wildman–Crippen LogP) is 3.76. The zero-order chi connectivity index (χ0) is 17.2. The number of hydrogen-bond acceptors (Lipinski definition) is 5. The summed E-state index contributed by atoms with van der Waals surface area (Å²) >= 11 is 0. The first-order chi connectivity index (χ1) is 11.6. The van der Waals surface area contributed by atoms with Gasteiger partial charge in [-0.2, -0.15) is 0 Å². The molecule has 2 saturated carbocycles. The summed E-state index contributed by atoms with van der Waals surface area (Å²) in [6, 6.07) is 0. The van der Waals surface area contributed by atoms with Gasteiger partial charge in [-0.3, -0.25) is 0 Å². The molecule has 2 rings (SSSR count). The Morgan fingerprint density at radius 3 is 2.00 bits per heavy atom. The van der Waals surface area contributed by atoms with Crippen LogP contribution >= 0.6 is 0 Å². The van der Waals surface area contributed by atoms with Gasteiger partial charge < -0.3 is 18.9 Å². The van der Waals surface area contributed by atoms with E-state index in [2.05, 4.69) is 6.58 Å². The van der Waals surface area contributed by atoms with Crippen molar-refractivity contribution in [3.8, 4) is 0 Å². The minimum Gasteiger partial charge on any atom is -0.460 e. The number of carbonyl (C=O) groups excluding carboxylic acids is 1. The average Bonchev–Trinajstić information content (AvgIpc) is 3.24. The lowest BCUT2D eigenvalue weighted by atomic mass is 10.3. The second-order valence-corrected chi connectivity index (χ2v) is 6.83. The van der Waals surface area contributed by atoms with Crippen molar-refractivity contribution >= 4 is 5.97 Å². The van der Waals surface area contributed by atoms with Crippen molar-refractivity contribution in [2.24, 2.45) is 0 Å². The van der Waals surface area contributed by atoms with Crippen LogP contribution in [0.25, 0.3) is 0 Å². The minimum atomic E-state index is -0.370. The van der Waals surface area contributed by atoms with Crippen LogP contribution in [0.5, 0.6) is 0 Å². The molecule has 0 amide bonds. The van der Waals surface area contributed by atoms with Gasteiger partial charge in [0.1, 0.15) is 6.61 Å². The van der Waals surface area contributed by atoms with Crippen molar-refractivity contribution in [1.29, 1.82) is 0 Å². The van der Waals surface area contributed by atoms with Gasteiger partial charge in [-0.25, -0.2) is 4.79 Å². The highest BCUT2D eigenvalue weighted by Gasteiger charge is 2.25. The molecule has 2 fully saturated rings. The van der Waals surface area contributed by atoms with E-state index in [-0.39, 0.29) is 18.9 Å². The molecule has 0 bridgehead atoms. The lowest BCUT2D eigenvalue weighted by molar-refractivity contribution is -0.199. The van der Waals surface area contributed by atoms with Crippen LogP contribution in [0.15, 0.2) is 12.2 Å². The normalized spacial score (nSPS) is 19.2. The van der Waals surface area contributed by atoms with Crippen molar-refractivity contribution in [3.05, 3.63) is 12.2 Å². The van der Waals surface area contributed by atoms with Crippen LogP contribution in [-0.2, 0) is 23.7 Å². The third-order valence-corrected chi connectivity index (χ3v) is 4.60. The second-order valence-electron chi connectivity index (χ2n) is 6.83. The number of hydrogen-bond donors (Lipinski definition) is 0. The molecule has 0 aromatic heterocycles. The largest absolute Gasteiger partial charge is 0.460 e. The van der Waals surface area contributed by atoms with E-state index < -0.39 is 0 Å². The maximum atomic E-state index is 11.3. The molecule has 5 nitrogen and oxygen atoms in total. The summed E-state index contributed by atoms with van der Waals surface area (Å²) in [5.74, 6) is -0.370. The first-order valence-corrected chi connectivity index (χ1v) is 9.36. The molecule has 0 aromatic rings.